The Morgan fingerprint density at radius 2 is 1.69 bits per heavy atom. The number of amides is 1. The molecule has 3 saturated heterocycles. The molecular formula is C20H28ClN3OS. The molecule has 3 aliphatic heterocycles. The lowest BCUT2D eigenvalue weighted by molar-refractivity contribution is 0.0631. The smallest absolute Gasteiger partial charge is 0.253 e. The Bertz CT molecular complexity index is 636. The summed E-state index contributed by atoms with van der Waals surface area (Å²) in [6.45, 7) is 6.26. The molecule has 0 atom stereocenters. The van der Waals surface area contributed by atoms with Gasteiger partial charge in [-0.05, 0) is 43.9 Å². The fraction of sp³-hybridized carbons (Fsp3) is 0.650. The number of hydrogen-bond acceptors (Lipinski definition) is 4. The molecule has 1 amide bonds. The number of anilines is 1. The Labute approximate surface area is 165 Å². The van der Waals surface area contributed by atoms with Crippen molar-refractivity contribution in [2.75, 3.05) is 55.7 Å². The molecule has 4 nitrogen and oxygen atoms in total. The number of carbonyl (C=O) groups is 1. The summed E-state index contributed by atoms with van der Waals surface area (Å²) in [5, 5.41) is 0.707. The van der Waals surface area contributed by atoms with E-state index in [2.05, 4.69) is 21.6 Å². The molecule has 0 radical (unpaired) electrons. The van der Waals surface area contributed by atoms with Gasteiger partial charge in [-0.25, -0.2) is 0 Å². The molecule has 3 heterocycles. The summed E-state index contributed by atoms with van der Waals surface area (Å²) in [5.41, 5.74) is 1.80. The molecule has 142 valence electrons. The average molecular weight is 394 g/mol. The van der Waals surface area contributed by atoms with Crippen molar-refractivity contribution in [1.29, 1.82) is 0 Å². The lowest BCUT2D eigenvalue weighted by Crippen LogP contribution is -2.49. The minimum absolute atomic E-state index is 0.132. The summed E-state index contributed by atoms with van der Waals surface area (Å²) in [5.74, 6) is 2.63. The third-order valence-corrected chi connectivity index (χ3v) is 7.20. The van der Waals surface area contributed by atoms with Crippen molar-refractivity contribution in [2.24, 2.45) is 0 Å². The second-order valence-corrected chi connectivity index (χ2v) is 9.16. The lowest BCUT2D eigenvalue weighted by atomic mass is 10.0. The third-order valence-electron chi connectivity index (χ3n) is 5.96. The molecule has 3 fully saturated rings. The van der Waals surface area contributed by atoms with Gasteiger partial charge in [-0.2, -0.15) is 11.8 Å². The first-order valence-corrected chi connectivity index (χ1v) is 11.4. The molecule has 0 spiro atoms. The highest BCUT2D eigenvalue weighted by Gasteiger charge is 2.28. The number of thioether (sulfide) groups is 1. The molecule has 0 aromatic heterocycles. The van der Waals surface area contributed by atoms with E-state index in [9.17, 15) is 4.79 Å². The first-order valence-electron chi connectivity index (χ1n) is 9.88. The fourth-order valence-corrected chi connectivity index (χ4v) is 5.65. The van der Waals surface area contributed by atoms with E-state index in [1.54, 1.807) is 0 Å². The molecular weight excluding hydrogens is 366 g/mol. The van der Waals surface area contributed by atoms with Gasteiger partial charge in [0.05, 0.1) is 10.7 Å². The summed E-state index contributed by atoms with van der Waals surface area (Å²) >= 11 is 8.55. The minimum Gasteiger partial charge on any atom is -0.370 e. The van der Waals surface area contributed by atoms with Gasteiger partial charge in [-0.3, -0.25) is 9.69 Å². The van der Waals surface area contributed by atoms with Gasteiger partial charge < -0.3 is 9.80 Å². The molecule has 0 aliphatic carbocycles. The Morgan fingerprint density at radius 1 is 1.00 bits per heavy atom. The van der Waals surface area contributed by atoms with Gasteiger partial charge in [0.15, 0.2) is 0 Å². The van der Waals surface area contributed by atoms with Crippen LogP contribution >= 0.6 is 23.4 Å². The first-order chi connectivity index (χ1) is 12.7. The molecule has 6 heteroatoms. The van der Waals surface area contributed by atoms with Crippen LogP contribution in [0, 0.1) is 0 Å². The SMILES string of the molecule is O=C(c1ccc(N2CCCC2)c(Cl)c1)N1CCC(N2CCSCC2)CC1. The highest BCUT2D eigenvalue weighted by molar-refractivity contribution is 7.99. The van der Waals surface area contributed by atoms with Crippen molar-refractivity contribution >= 4 is 35.0 Å². The number of halogens is 1. The first kappa shape index (κ1) is 18.5. The maximum Gasteiger partial charge on any atom is 0.253 e. The molecule has 0 N–H and O–H groups in total. The van der Waals surface area contributed by atoms with Crippen molar-refractivity contribution in [3.8, 4) is 0 Å². The van der Waals surface area contributed by atoms with Gasteiger partial charge in [0.25, 0.3) is 5.91 Å². The summed E-state index contributed by atoms with van der Waals surface area (Å²) in [4.78, 5) is 19.9. The number of benzene rings is 1. The number of piperidine rings is 1. The van der Waals surface area contributed by atoms with E-state index in [0.717, 1.165) is 50.3 Å². The fourth-order valence-electron chi connectivity index (χ4n) is 4.41. The summed E-state index contributed by atoms with van der Waals surface area (Å²) in [6.07, 6.45) is 4.63. The van der Waals surface area contributed by atoms with Crippen molar-refractivity contribution < 1.29 is 4.79 Å². The number of nitrogens with zero attached hydrogens (tertiary/aromatic N) is 3. The van der Waals surface area contributed by atoms with E-state index in [1.807, 2.05) is 23.1 Å². The van der Waals surface area contributed by atoms with Gasteiger partial charge in [0.2, 0.25) is 0 Å². The van der Waals surface area contributed by atoms with Crippen LogP contribution in [0.1, 0.15) is 36.0 Å². The molecule has 26 heavy (non-hydrogen) atoms. The highest BCUT2D eigenvalue weighted by atomic mass is 35.5. The molecule has 3 aliphatic rings. The van der Waals surface area contributed by atoms with Crippen LogP contribution in [-0.4, -0.2) is 72.5 Å². The predicted octanol–water partition coefficient (Wildman–Crippen LogP) is 3.59. The highest BCUT2D eigenvalue weighted by Crippen LogP contribution is 2.30. The van der Waals surface area contributed by atoms with E-state index in [4.69, 9.17) is 11.6 Å². The Balaban J connectivity index is 1.36. The quantitative estimate of drug-likeness (QED) is 0.784. The van der Waals surface area contributed by atoms with Crippen molar-refractivity contribution in [1.82, 2.24) is 9.80 Å². The normalized spacial score (nSPS) is 22.8. The maximum absolute atomic E-state index is 12.9. The van der Waals surface area contributed by atoms with Crippen LogP contribution in [0.25, 0.3) is 0 Å². The van der Waals surface area contributed by atoms with Crippen LogP contribution in [0.2, 0.25) is 5.02 Å². The van der Waals surface area contributed by atoms with Crippen LogP contribution in [0.15, 0.2) is 18.2 Å². The summed E-state index contributed by atoms with van der Waals surface area (Å²) in [7, 11) is 0. The van der Waals surface area contributed by atoms with Gasteiger partial charge >= 0.3 is 0 Å². The van der Waals surface area contributed by atoms with Gasteiger partial charge in [-0.15, -0.1) is 0 Å². The van der Waals surface area contributed by atoms with E-state index >= 15 is 0 Å². The number of rotatable bonds is 3. The van der Waals surface area contributed by atoms with Crippen LogP contribution in [-0.2, 0) is 0 Å². The zero-order chi connectivity index (χ0) is 17.9. The monoisotopic (exact) mass is 393 g/mol. The minimum atomic E-state index is 0.132. The Hall–Kier alpha value is -0.910. The largest absolute Gasteiger partial charge is 0.370 e. The lowest BCUT2D eigenvalue weighted by Gasteiger charge is -2.40. The number of hydrogen-bond donors (Lipinski definition) is 0. The number of carbonyl (C=O) groups excluding carboxylic acids is 1. The second kappa shape index (κ2) is 8.41. The molecule has 0 bridgehead atoms. The molecule has 1 aromatic rings. The van der Waals surface area contributed by atoms with Gasteiger partial charge in [0.1, 0.15) is 0 Å². The molecule has 1 aromatic carbocycles. The van der Waals surface area contributed by atoms with Crippen molar-refractivity contribution in [3.05, 3.63) is 28.8 Å². The van der Waals surface area contributed by atoms with E-state index in [-0.39, 0.29) is 5.91 Å². The molecule has 0 saturated carbocycles. The molecule has 0 unspecified atom stereocenters. The van der Waals surface area contributed by atoms with E-state index < -0.39 is 0 Å². The third kappa shape index (κ3) is 4.00. The zero-order valence-corrected chi connectivity index (χ0v) is 16.9. The van der Waals surface area contributed by atoms with Gasteiger partial charge in [-0.1, -0.05) is 11.6 Å². The predicted molar refractivity (Wildman–Crippen MR) is 111 cm³/mol. The maximum atomic E-state index is 12.9. The van der Waals surface area contributed by atoms with Crippen LogP contribution in [0.4, 0.5) is 5.69 Å². The second-order valence-electron chi connectivity index (χ2n) is 7.53. The van der Waals surface area contributed by atoms with Crippen LogP contribution in [0.5, 0.6) is 0 Å². The Kier molecular flexibility index (Phi) is 5.97. The summed E-state index contributed by atoms with van der Waals surface area (Å²) in [6, 6.07) is 6.50. The van der Waals surface area contributed by atoms with Crippen LogP contribution < -0.4 is 4.90 Å². The van der Waals surface area contributed by atoms with Gasteiger partial charge in [0, 0.05) is 62.4 Å². The van der Waals surface area contributed by atoms with Crippen molar-refractivity contribution in [2.45, 2.75) is 31.7 Å². The zero-order valence-electron chi connectivity index (χ0n) is 15.3. The topological polar surface area (TPSA) is 26.8 Å². The van der Waals surface area contributed by atoms with E-state index in [1.165, 1.54) is 37.4 Å². The molecule has 4 rings (SSSR count). The average Bonchev–Trinajstić information content (AvgIpc) is 3.22. The van der Waals surface area contributed by atoms with Crippen molar-refractivity contribution in [3.63, 3.8) is 0 Å². The van der Waals surface area contributed by atoms with E-state index in [0.29, 0.717) is 11.1 Å². The number of likely N-dealkylation sites (tertiary alicyclic amines) is 1. The summed E-state index contributed by atoms with van der Waals surface area (Å²) < 4.78 is 0. The Morgan fingerprint density at radius 3 is 2.35 bits per heavy atom. The van der Waals surface area contributed by atoms with Crippen LogP contribution in [0.3, 0.4) is 0 Å². The standard InChI is InChI=1S/C20H28ClN3OS/c21-18-15-16(3-4-19(18)23-7-1-2-8-23)20(25)24-9-5-17(6-10-24)22-11-13-26-14-12-22/h3-4,15,17H,1-2,5-14H2.